The van der Waals surface area contributed by atoms with Gasteiger partial charge in [-0.3, -0.25) is 9.97 Å². The third kappa shape index (κ3) is 8.99. The van der Waals surface area contributed by atoms with Crippen molar-refractivity contribution in [3.05, 3.63) is 322 Å². The van der Waals surface area contributed by atoms with Gasteiger partial charge in [-0.2, -0.15) is 0 Å². The Morgan fingerprint density at radius 1 is 0.239 bits per heavy atom. The molecular weight excluding hydrogens is 1140 g/mol. The van der Waals surface area contributed by atoms with Gasteiger partial charge in [0.05, 0.1) is 56.9 Å². The first-order valence-electron chi connectivity index (χ1n) is 31.2. The second-order valence-electron chi connectivity index (χ2n) is 23.6. The van der Waals surface area contributed by atoms with Gasteiger partial charge in [0.2, 0.25) is 0 Å². The molecule has 0 spiro atoms. The van der Waals surface area contributed by atoms with Crippen LogP contribution in [0.1, 0.15) is 0 Å². The Balaban J connectivity index is 0.000000137. The van der Waals surface area contributed by atoms with Crippen molar-refractivity contribution in [1.29, 1.82) is 0 Å². The molecule has 6 heteroatoms. The highest BCUT2D eigenvalue weighted by Crippen LogP contribution is 2.43. The zero-order valence-electron chi connectivity index (χ0n) is 49.7. The largest absolute Gasteiger partial charge is 0.309 e. The molecule has 19 aromatic rings. The molecule has 428 valence electrons. The van der Waals surface area contributed by atoms with Crippen LogP contribution in [0.25, 0.3) is 180 Å². The van der Waals surface area contributed by atoms with Crippen molar-refractivity contribution < 1.29 is 0 Å². The Kier molecular flexibility index (Phi) is 12.7. The van der Waals surface area contributed by atoms with Gasteiger partial charge >= 0.3 is 0 Å². The third-order valence-electron chi connectivity index (χ3n) is 18.3. The lowest BCUT2D eigenvalue weighted by Gasteiger charge is -2.11. The fourth-order valence-corrected chi connectivity index (χ4v) is 15.2. The number of thiophene rings is 1. The molecule has 0 aliphatic carbocycles. The molecule has 0 amide bonds. The molecule has 92 heavy (non-hydrogen) atoms. The van der Waals surface area contributed by atoms with Crippen LogP contribution in [-0.2, 0) is 0 Å². The van der Waals surface area contributed by atoms with Crippen LogP contribution < -0.4 is 0 Å². The molecule has 0 N–H and O–H groups in total. The van der Waals surface area contributed by atoms with Crippen molar-refractivity contribution in [3.63, 3.8) is 0 Å². The number of hydrogen-bond acceptors (Lipinski definition) is 5. The number of nitrogens with zero attached hydrogens (tertiary/aromatic N) is 5. The van der Waals surface area contributed by atoms with Crippen LogP contribution >= 0.6 is 11.3 Å². The van der Waals surface area contributed by atoms with E-state index in [4.69, 9.17) is 19.9 Å². The Morgan fingerprint density at radius 3 is 1.16 bits per heavy atom. The van der Waals surface area contributed by atoms with E-state index in [0.717, 1.165) is 82.8 Å². The molecule has 19 rings (SSSR count). The molecule has 0 saturated carbocycles. The molecule has 0 saturated heterocycles. The Morgan fingerprint density at radius 2 is 0.620 bits per heavy atom. The van der Waals surface area contributed by atoms with E-state index in [0.29, 0.717) is 0 Å². The Labute approximate surface area is 534 Å². The van der Waals surface area contributed by atoms with E-state index in [1.54, 1.807) is 0 Å². The van der Waals surface area contributed by atoms with E-state index in [2.05, 4.69) is 314 Å². The van der Waals surface area contributed by atoms with Crippen LogP contribution in [0.5, 0.6) is 0 Å². The number of hydrogen-bond donors (Lipinski definition) is 0. The summed E-state index contributed by atoms with van der Waals surface area (Å²) in [5.41, 5.74) is 20.7. The standard InChI is InChI=1S/C46H29N3.C40H24N2S/c1-2-16-35(17-3-1)49-43-23-9-8-20-38(43)41-28-33(24-25-44(41)49)31-13-10-12-30(26-31)32-14-11-15-34(27-32)42-29-47-45-39-21-6-4-18-36(39)37-19-5-7-22-40(37)46(45)48-42;1-3-17-33-30(14-1)31-15-2-4-18-34(31)39-38(33)41-24-36(42-39)28-13-8-11-26(23-28)25-10-7-12-27(22-25)29-19-9-20-35-32-16-5-6-21-37(32)43-40(29)35/h1-29H;1-24H. The summed E-state index contributed by atoms with van der Waals surface area (Å²) in [4.78, 5) is 20.4. The SMILES string of the molecule is c1cc(-c2cccc(-c3cccc4c3sc3ccccc34)c2)cc(-c2cnc3c4ccccc4c4ccccc4c3n2)c1.c1ccc(-n2c3ccccc3c3cc(-c4cccc(-c5cccc(-c6cnc7c8ccccc8c8ccccc8c7n6)c5)c4)ccc32)cc1. The summed E-state index contributed by atoms with van der Waals surface area (Å²) in [5, 5.41) is 14.5. The topological polar surface area (TPSA) is 56.5 Å². The van der Waals surface area contributed by atoms with Gasteiger partial charge in [-0.15, -0.1) is 11.3 Å². The molecular formula is C86H53N5S. The summed E-state index contributed by atoms with van der Waals surface area (Å²) in [6.07, 6.45) is 3.83. The summed E-state index contributed by atoms with van der Waals surface area (Å²) in [7, 11) is 0. The second-order valence-corrected chi connectivity index (χ2v) is 24.7. The first kappa shape index (κ1) is 53.1. The number of benzene rings is 15. The average Bonchev–Trinajstić information content (AvgIpc) is 0.795. The minimum absolute atomic E-state index is 0.867. The first-order chi connectivity index (χ1) is 45.6. The Bertz CT molecular complexity index is 6090. The van der Waals surface area contributed by atoms with E-state index in [9.17, 15) is 0 Å². The predicted molar refractivity (Wildman–Crippen MR) is 389 cm³/mol. The molecule has 0 unspecified atom stereocenters. The van der Waals surface area contributed by atoms with Crippen LogP contribution in [0, 0.1) is 0 Å². The van der Waals surface area contributed by atoms with Gasteiger partial charge in [0.15, 0.2) is 0 Å². The smallest absolute Gasteiger partial charge is 0.0979 e. The van der Waals surface area contributed by atoms with Crippen molar-refractivity contribution in [2.45, 2.75) is 0 Å². The van der Waals surface area contributed by atoms with Crippen molar-refractivity contribution in [3.8, 4) is 72.7 Å². The van der Waals surface area contributed by atoms with Gasteiger partial charge < -0.3 is 4.57 Å². The zero-order chi connectivity index (χ0) is 60.6. The molecule has 5 nitrogen and oxygen atoms in total. The van der Waals surface area contributed by atoms with E-state index in [1.807, 2.05) is 23.7 Å². The second kappa shape index (κ2) is 22.0. The van der Waals surface area contributed by atoms with Crippen molar-refractivity contribution >= 4 is 118 Å². The average molecular weight is 1190 g/mol. The predicted octanol–water partition coefficient (Wildman–Crippen LogP) is 23.3. The fourth-order valence-electron chi connectivity index (χ4n) is 14.0. The lowest BCUT2D eigenvalue weighted by atomic mass is 9.96. The van der Waals surface area contributed by atoms with Gasteiger partial charge in [-0.05, 0) is 127 Å². The van der Waals surface area contributed by atoms with Crippen LogP contribution in [0.2, 0.25) is 0 Å². The third-order valence-corrected chi connectivity index (χ3v) is 19.5. The van der Waals surface area contributed by atoms with Crippen molar-refractivity contribution in [2.24, 2.45) is 0 Å². The normalized spacial score (nSPS) is 11.7. The van der Waals surface area contributed by atoms with Gasteiger partial charge in [-0.25, -0.2) is 9.97 Å². The number of rotatable bonds is 7. The summed E-state index contributed by atoms with van der Waals surface area (Å²) in [6, 6.07) is 110. The van der Waals surface area contributed by atoms with Gasteiger partial charge in [0.25, 0.3) is 0 Å². The maximum atomic E-state index is 5.24. The number of para-hydroxylation sites is 2. The molecule has 0 fully saturated rings. The first-order valence-corrected chi connectivity index (χ1v) is 32.0. The van der Waals surface area contributed by atoms with Gasteiger partial charge in [0, 0.05) is 69.3 Å². The number of aromatic nitrogens is 5. The van der Waals surface area contributed by atoms with Crippen LogP contribution in [0.4, 0.5) is 0 Å². The molecule has 0 bridgehead atoms. The monoisotopic (exact) mass is 1190 g/mol. The maximum Gasteiger partial charge on any atom is 0.0979 e. The lowest BCUT2D eigenvalue weighted by molar-refractivity contribution is 1.18. The summed E-state index contributed by atoms with van der Waals surface area (Å²) >= 11 is 1.87. The van der Waals surface area contributed by atoms with Crippen LogP contribution in [0.15, 0.2) is 322 Å². The molecule has 0 radical (unpaired) electrons. The van der Waals surface area contributed by atoms with E-state index < -0.39 is 0 Å². The molecule has 0 aliphatic rings. The highest BCUT2D eigenvalue weighted by atomic mass is 32.1. The molecule has 0 aliphatic heterocycles. The summed E-state index contributed by atoms with van der Waals surface area (Å²) in [6.45, 7) is 0. The van der Waals surface area contributed by atoms with E-state index in [1.165, 1.54) is 97.0 Å². The minimum atomic E-state index is 0.867. The molecule has 0 atom stereocenters. The summed E-state index contributed by atoms with van der Waals surface area (Å²) in [5.74, 6) is 0. The highest BCUT2D eigenvalue weighted by Gasteiger charge is 2.18. The quantitative estimate of drug-likeness (QED) is 0.149. The number of fused-ring (bicyclic) bond motifs is 18. The lowest BCUT2D eigenvalue weighted by Crippen LogP contribution is -1.93. The van der Waals surface area contributed by atoms with Gasteiger partial charge in [-0.1, -0.05) is 249 Å². The zero-order valence-corrected chi connectivity index (χ0v) is 50.6. The van der Waals surface area contributed by atoms with Gasteiger partial charge in [0.1, 0.15) is 0 Å². The molecule has 4 heterocycles. The molecule has 4 aromatic heterocycles. The maximum absolute atomic E-state index is 5.24. The van der Waals surface area contributed by atoms with Crippen molar-refractivity contribution in [1.82, 2.24) is 24.5 Å². The summed E-state index contributed by atoms with van der Waals surface area (Å²) < 4.78 is 5.02. The Hall–Kier alpha value is -12.0. The highest BCUT2D eigenvalue weighted by molar-refractivity contribution is 7.26. The van der Waals surface area contributed by atoms with Crippen LogP contribution in [-0.4, -0.2) is 24.5 Å². The van der Waals surface area contributed by atoms with Crippen molar-refractivity contribution in [2.75, 3.05) is 0 Å². The van der Waals surface area contributed by atoms with Crippen LogP contribution in [0.3, 0.4) is 0 Å². The van der Waals surface area contributed by atoms with E-state index in [-0.39, 0.29) is 0 Å². The van der Waals surface area contributed by atoms with E-state index >= 15 is 0 Å². The fraction of sp³-hybridized carbons (Fsp3) is 0. The molecule has 15 aromatic carbocycles. The minimum Gasteiger partial charge on any atom is -0.309 e.